The van der Waals surface area contributed by atoms with Gasteiger partial charge in [0.2, 0.25) is 0 Å². The van der Waals surface area contributed by atoms with Crippen LogP contribution in [0.15, 0.2) is 30.5 Å². The first-order chi connectivity index (χ1) is 14.9. The van der Waals surface area contributed by atoms with Gasteiger partial charge in [-0.15, -0.1) is 0 Å². The molecule has 1 aliphatic heterocycles. The fourth-order valence-corrected chi connectivity index (χ4v) is 3.98. The van der Waals surface area contributed by atoms with E-state index in [0.29, 0.717) is 22.5 Å². The van der Waals surface area contributed by atoms with E-state index >= 15 is 0 Å². The number of amides is 1. The monoisotopic (exact) mass is 421 g/mol. The number of benzene rings is 1. The molecule has 0 atom stereocenters. The molecule has 1 saturated heterocycles. The maximum absolute atomic E-state index is 13.2. The topological polar surface area (TPSA) is 89.4 Å². The first-order valence-electron chi connectivity index (χ1n) is 10.5. The number of fused-ring (bicyclic) bond motifs is 1. The van der Waals surface area contributed by atoms with Gasteiger partial charge in [0.25, 0.3) is 5.91 Å². The van der Waals surface area contributed by atoms with E-state index in [4.69, 9.17) is 4.74 Å². The number of methoxy groups -OCH3 is 1. The first kappa shape index (κ1) is 20.8. The van der Waals surface area contributed by atoms with Crippen LogP contribution in [0.1, 0.15) is 59.1 Å². The van der Waals surface area contributed by atoms with E-state index in [-0.39, 0.29) is 11.9 Å². The number of carbonyl (C=O) groups excluding carboxylic acids is 2. The van der Waals surface area contributed by atoms with Gasteiger partial charge in [-0.1, -0.05) is 0 Å². The van der Waals surface area contributed by atoms with Crippen molar-refractivity contribution in [1.82, 2.24) is 14.8 Å². The highest BCUT2D eigenvalue weighted by Gasteiger charge is 2.21. The lowest BCUT2D eigenvalue weighted by molar-refractivity contribution is 0.0600. The average Bonchev–Trinajstić information content (AvgIpc) is 3.42. The Hall–Kier alpha value is -3.42. The molecule has 1 N–H and O–H groups in total. The highest BCUT2D eigenvalue weighted by Crippen LogP contribution is 2.31. The van der Waals surface area contributed by atoms with Crippen molar-refractivity contribution in [2.24, 2.45) is 0 Å². The Balaban J connectivity index is 1.70. The molecule has 0 spiro atoms. The average molecular weight is 422 g/mol. The second-order valence-electron chi connectivity index (χ2n) is 8.09. The highest BCUT2D eigenvalue weighted by atomic mass is 16.5. The van der Waals surface area contributed by atoms with Crippen molar-refractivity contribution in [3.8, 4) is 0 Å². The van der Waals surface area contributed by atoms with Crippen molar-refractivity contribution in [3.05, 3.63) is 47.3 Å². The molecule has 0 aliphatic carbocycles. The summed E-state index contributed by atoms with van der Waals surface area (Å²) in [6, 6.07) is 7.27. The normalized spacial score (nSPS) is 13.8. The third-order valence-electron chi connectivity index (χ3n) is 5.61. The molecule has 3 aromatic rings. The summed E-state index contributed by atoms with van der Waals surface area (Å²) >= 11 is 0. The van der Waals surface area contributed by atoms with Gasteiger partial charge in [-0.25, -0.2) is 14.5 Å². The molecular weight excluding hydrogens is 394 g/mol. The minimum absolute atomic E-state index is 0.174. The van der Waals surface area contributed by atoms with Gasteiger partial charge in [-0.05, 0) is 57.9 Å². The summed E-state index contributed by atoms with van der Waals surface area (Å²) in [4.78, 5) is 32.1. The van der Waals surface area contributed by atoms with E-state index in [9.17, 15) is 9.59 Å². The number of hydrogen-bond acceptors (Lipinski definition) is 6. The zero-order chi connectivity index (χ0) is 22.1. The predicted octanol–water partition coefficient (Wildman–Crippen LogP) is 3.96. The molecule has 3 heterocycles. The number of esters is 1. The molecule has 0 bridgehead atoms. The van der Waals surface area contributed by atoms with Crippen LogP contribution in [0.2, 0.25) is 0 Å². The van der Waals surface area contributed by atoms with Crippen LogP contribution in [0.25, 0.3) is 11.0 Å². The molecule has 8 nitrogen and oxygen atoms in total. The molecule has 1 fully saturated rings. The molecule has 162 valence electrons. The van der Waals surface area contributed by atoms with Crippen LogP contribution in [0.3, 0.4) is 0 Å². The van der Waals surface area contributed by atoms with Crippen LogP contribution < -0.4 is 10.2 Å². The van der Waals surface area contributed by atoms with Crippen LogP contribution in [-0.2, 0) is 4.74 Å². The minimum atomic E-state index is -0.441. The third kappa shape index (κ3) is 3.97. The van der Waals surface area contributed by atoms with E-state index < -0.39 is 5.97 Å². The quantitative estimate of drug-likeness (QED) is 0.627. The number of carbonyl (C=O) groups is 2. The Labute approximate surface area is 181 Å². The van der Waals surface area contributed by atoms with E-state index in [0.717, 1.165) is 42.7 Å². The van der Waals surface area contributed by atoms with Gasteiger partial charge in [0.05, 0.1) is 41.5 Å². The standard InChI is InChI=1S/C23H27N5O3/c1-14(2)28-21-17(13-24-28)11-18(15(3)25-21)22(29)26-19-12-16(23(30)31-4)7-8-20(19)27-9-5-6-10-27/h7-8,11-14H,5-6,9-10H2,1-4H3,(H,26,29). The second kappa shape index (κ2) is 8.37. The Morgan fingerprint density at radius 2 is 1.90 bits per heavy atom. The smallest absolute Gasteiger partial charge is 0.337 e. The number of hydrogen-bond donors (Lipinski definition) is 1. The van der Waals surface area contributed by atoms with Crippen LogP contribution in [0.4, 0.5) is 11.4 Å². The molecule has 1 amide bonds. The molecule has 2 aromatic heterocycles. The van der Waals surface area contributed by atoms with E-state index in [1.165, 1.54) is 7.11 Å². The number of aryl methyl sites for hydroxylation is 1. The lowest BCUT2D eigenvalue weighted by Gasteiger charge is -2.22. The molecular formula is C23H27N5O3. The number of nitrogens with one attached hydrogen (secondary N) is 1. The summed E-state index contributed by atoms with van der Waals surface area (Å²) in [5, 5.41) is 8.21. The van der Waals surface area contributed by atoms with Crippen LogP contribution in [0.5, 0.6) is 0 Å². The first-order valence-corrected chi connectivity index (χ1v) is 10.5. The molecule has 0 radical (unpaired) electrons. The Morgan fingerprint density at radius 3 is 2.58 bits per heavy atom. The summed E-state index contributed by atoms with van der Waals surface area (Å²) in [5.74, 6) is -0.713. The van der Waals surface area contributed by atoms with Crippen molar-refractivity contribution in [3.63, 3.8) is 0 Å². The summed E-state index contributed by atoms with van der Waals surface area (Å²) in [7, 11) is 1.34. The van der Waals surface area contributed by atoms with E-state index in [1.54, 1.807) is 18.3 Å². The largest absolute Gasteiger partial charge is 0.465 e. The highest BCUT2D eigenvalue weighted by molar-refractivity contribution is 6.08. The van der Waals surface area contributed by atoms with Gasteiger partial charge in [0.15, 0.2) is 5.65 Å². The van der Waals surface area contributed by atoms with Crippen molar-refractivity contribution in [2.75, 3.05) is 30.4 Å². The van der Waals surface area contributed by atoms with Crippen molar-refractivity contribution in [1.29, 1.82) is 0 Å². The molecule has 4 rings (SSSR count). The summed E-state index contributed by atoms with van der Waals surface area (Å²) < 4.78 is 6.69. The fourth-order valence-electron chi connectivity index (χ4n) is 3.98. The maximum Gasteiger partial charge on any atom is 0.337 e. The van der Waals surface area contributed by atoms with Crippen molar-refractivity contribution < 1.29 is 14.3 Å². The van der Waals surface area contributed by atoms with Crippen LogP contribution in [0, 0.1) is 6.92 Å². The lowest BCUT2D eigenvalue weighted by atomic mass is 10.1. The summed E-state index contributed by atoms with van der Waals surface area (Å²) in [6.45, 7) is 7.73. The number of aromatic nitrogens is 3. The number of ether oxygens (including phenoxy) is 1. The molecule has 31 heavy (non-hydrogen) atoms. The van der Waals surface area contributed by atoms with Crippen molar-refractivity contribution in [2.45, 2.75) is 39.7 Å². The van der Waals surface area contributed by atoms with E-state index in [1.807, 2.05) is 37.6 Å². The zero-order valence-electron chi connectivity index (χ0n) is 18.3. The van der Waals surface area contributed by atoms with Crippen LogP contribution in [-0.4, -0.2) is 46.8 Å². The molecule has 0 saturated carbocycles. The number of rotatable bonds is 5. The Kier molecular flexibility index (Phi) is 5.63. The number of nitrogens with zero attached hydrogens (tertiary/aromatic N) is 4. The number of anilines is 2. The van der Waals surface area contributed by atoms with Gasteiger partial charge in [-0.3, -0.25) is 4.79 Å². The summed E-state index contributed by atoms with van der Waals surface area (Å²) in [5.41, 5.74) is 3.75. The SMILES string of the molecule is COC(=O)c1ccc(N2CCCC2)c(NC(=O)c2cc3cnn(C(C)C)c3nc2C)c1. The van der Waals surface area contributed by atoms with Gasteiger partial charge >= 0.3 is 5.97 Å². The molecule has 1 aromatic carbocycles. The van der Waals surface area contributed by atoms with Gasteiger partial charge in [0.1, 0.15) is 0 Å². The zero-order valence-corrected chi connectivity index (χ0v) is 18.3. The third-order valence-corrected chi connectivity index (χ3v) is 5.61. The van der Waals surface area contributed by atoms with Gasteiger partial charge < -0.3 is 15.0 Å². The Bertz CT molecular complexity index is 1150. The maximum atomic E-state index is 13.2. The van der Waals surface area contributed by atoms with Gasteiger partial charge in [-0.2, -0.15) is 5.10 Å². The van der Waals surface area contributed by atoms with Crippen molar-refractivity contribution >= 4 is 34.3 Å². The minimum Gasteiger partial charge on any atom is -0.465 e. The lowest BCUT2D eigenvalue weighted by Crippen LogP contribution is -2.22. The molecule has 0 unspecified atom stereocenters. The van der Waals surface area contributed by atoms with Crippen LogP contribution >= 0.6 is 0 Å². The molecule has 8 heteroatoms. The second-order valence-corrected chi connectivity index (χ2v) is 8.09. The molecule has 1 aliphatic rings. The predicted molar refractivity (Wildman–Crippen MR) is 120 cm³/mol. The summed E-state index contributed by atoms with van der Waals surface area (Å²) in [6.07, 6.45) is 3.93. The number of pyridine rings is 1. The van der Waals surface area contributed by atoms with Gasteiger partial charge in [0, 0.05) is 24.5 Å². The Morgan fingerprint density at radius 1 is 1.16 bits per heavy atom. The fraction of sp³-hybridized carbons (Fsp3) is 0.391. The van der Waals surface area contributed by atoms with E-state index in [2.05, 4.69) is 20.3 Å².